The van der Waals surface area contributed by atoms with Crippen molar-refractivity contribution in [2.45, 2.75) is 20.3 Å². The number of carbonyl (C=O) groups excluding carboxylic acids is 2. The molecule has 0 spiro atoms. The number of nitrogens with one attached hydrogen (secondary N) is 1. The van der Waals surface area contributed by atoms with Crippen molar-refractivity contribution in [2.75, 3.05) is 20.6 Å². The third kappa shape index (κ3) is 2.80. The molecule has 1 aliphatic rings. The minimum Gasteiger partial charge on any atom is -0.481 e. The number of nitrogens with zero attached hydrogens (tertiary/aromatic N) is 1. The minimum atomic E-state index is -0.940. The third-order valence-corrected chi connectivity index (χ3v) is 3.51. The topological polar surface area (TPSA) is 86.7 Å². The van der Waals surface area contributed by atoms with E-state index < -0.39 is 23.2 Å². The summed E-state index contributed by atoms with van der Waals surface area (Å²) < 4.78 is 0. The highest BCUT2D eigenvalue weighted by Crippen LogP contribution is 2.58. The second-order valence-electron chi connectivity index (χ2n) is 5.44. The molecule has 0 radical (unpaired) electrons. The molecule has 0 saturated heterocycles. The van der Waals surface area contributed by atoms with Crippen LogP contribution >= 0.6 is 0 Å². The van der Waals surface area contributed by atoms with Gasteiger partial charge in [0.2, 0.25) is 11.8 Å². The highest BCUT2D eigenvalue weighted by atomic mass is 16.4. The van der Waals surface area contributed by atoms with Crippen LogP contribution in [0.1, 0.15) is 20.3 Å². The minimum absolute atomic E-state index is 0.0693. The van der Waals surface area contributed by atoms with E-state index in [1.54, 1.807) is 27.9 Å². The number of carbonyl (C=O) groups is 3. The molecule has 6 heteroatoms. The monoisotopic (exact) mass is 256 g/mol. The summed E-state index contributed by atoms with van der Waals surface area (Å²) in [5.74, 6) is -2.41. The first-order valence-electron chi connectivity index (χ1n) is 5.90. The van der Waals surface area contributed by atoms with Gasteiger partial charge >= 0.3 is 5.97 Å². The Morgan fingerprint density at radius 3 is 2.17 bits per heavy atom. The summed E-state index contributed by atoms with van der Waals surface area (Å²) in [6.45, 7) is 3.77. The van der Waals surface area contributed by atoms with Gasteiger partial charge in [0, 0.05) is 27.1 Å². The molecule has 0 aromatic rings. The first-order valence-corrected chi connectivity index (χ1v) is 5.90. The van der Waals surface area contributed by atoms with Crippen LogP contribution in [0, 0.1) is 17.3 Å². The van der Waals surface area contributed by atoms with E-state index in [0.717, 1.165) is 0 Å². The third-order valence-electron chi connectivity index (χ3n) is 3.51. The predicted octanol–water partition coefficient (Wildman–Crippen LogP) is -0.0623. The van der Waals surface area contributed by atoms with Crippen LogP contribution in [0.4, 0.5) is 0 Å². The molecule has 1 aliphatic carbocycles. The molecule has 0 aromatic carbocycles. The van der Waals surface area contributed by atoms with Crippen LogP contribution in [0.15, 0.2) is 0 Å². The van der Waals surface area contributed by atoms with Gasteiger partial charge in [0.1, 0.15) is 0 Å². The quantitative estimate of drug-likeness (QED) is 0.721. The Kier molecular flexibility index (Phi) is 3.98. The van der Waals surface area contributed by atoms with Gasteiger partial charge in [-0.1, -0.05) is 13.8 Å². The Labute approximate surface area is 106 Å². The van der Waals surface area contributed by atoms with Gasteiger partial charge in [0.25, 0.3) is 0 Å². The van der Waals surface area contributed by atoms with Gasteiger partial charge in [-0.3, -0.25) is 14.4 Å². The normalized spacial score (nSPS) is 24.2. The fourth-order valence-electron chi connectivity index (χ4n) is 2.21. The molecule has 0 bridgehead atoms. The maximum absolute atomic E-state index is 11.8. The van der Waals surface area contributed by atoms with Crippen LogP contribution in [-0.4, -0.2) is 48.4 Å². The summed E-state index contributed by atoms with van der Waals surface area (Å²) >= 11 is 0. The van der Waals surface area contributed by atoms with Crippen LogP contribution in [0.5, 0.6) is 0 Å². The van der Waals surface area contributed by atoms with Crippen LogP contribution in [0.25, 0.3) is 0 Å². The predicted molar refractivity (Wildman–Crippen MR) is 64.7 cm³/mol. The Morgan fingerprint density at radius 1 is 1.22 bits per heavy atom. The molecule has 2 N–H and O–H groups in total. The number of hydrogen-bond acceptors (Lipinski definition) is 3. The number of carboxylic acids is 1. The zero-order chi connectivity index (χ0) is 14.1. The summed E-state index contributed by atoms with van der Waals surface area (Å²) in [5.41, 5.74) is -0.499. The zero-order valence-corrected chi connectivity index (χ0v) is 11.2. The molecule has 0 unspecified atom stereocenters. The molecular formula is C12H20N2O4. The van der Waals surface area contributed by atoms with Gasteiger partial charge in [-0.2, -0.15) is 0 Å². The van der Waals surface area contributed by atoms with E-state index in [-0.39, 0.29) is 24.8 Å². The van der Waals surface area contributed by atoms with E-state index in [1.807, 2.05) is 0 Å². The number of rotatable bonds is 5. The molecule has 1 saturated carbocycles. The second-order valence-corrected chi connectivity index (χ2v) is 5.44. The molecule has 2 amide bonds. The zero-order valence-electron chi connectivity index (χ0n) is 11.2. The summed E-state index contributed by atoms with van der Waals surface area (Å²) in [5, 5.41) is 11.6. The molecule has 0 aromatic heterocycles. The highest BCUT2D eigenvalue weighted by Gasteiger charge is 2.65. The van der Waals surface area contributed by atoms with Gasteiger partial charge in [-0.25, -0.2) is 0 Å². The van der Waals surface area contributed by atoms with E-state index >= 15 is 0 Å². The van der Waals surface area contributed by atoms with Crippen molar-refractivity contribution < 1.29 is 19.5 Å². The Balaban J connectivity index is 2.40. The molecule has 1 fully saturated rings. The second kappa shape index (κ2) is 4.96. The van der Waals surface area contributed by atoms with Gasteiger partial charge in [-0.05, 0) is 5.41 Å². The Bertz CT molecular complexity index is 376. The molecule has 0 aliphatic heterocycles. The number of aliphatic carboxylic acids is 1. The lowest BCUT2D eigenvalue weighted by atomic mass is 10.1. The number of amides is 2. The van der Waals surface area contributed by atoms with Crippen LogP contribution in [0.2, 0.25) is 0 Å². The largest absolute Gasteiger partial charge is 0.481 e. The van der Waals surface area contributed by atoms with Crippen molar-refractivity contribution in [1.82, 2.24) is 10.2 Å². The molecule has 6 nitrogen and oxygen atoms in total. The Hall–Kier alpha value is -1.59. The summed E-state index contributed by atoms with van der Waals surface area (Å²) in [6, 6.07) is 0. The van der Waals surface area contributed by atoms with Crippen molar-refractivity contribution in [2.24, 2.45) is 17.3 Å². The fraction of sp³-hybridized carbons (Fsp3) is 0.750. The van der Waals surface area contributed by atoms with Crippen molar-refractivity contribution >= 4 is 17.8 Å². The van der Waals surface area contributed by atoms with E-state index in [2.05, 4.69) is 5.32 Å². The molecule has 102 valence electrons. The first-order chi connectivity index (χ1) is 8.19. The average molecular weight is 256 g/mol. The van der Waals surface area contributed by atoms with Gasteiger partial charge in [-0.15, -0.1) is 0 Å². The molecule has 18 heavy (non-hydrogen) atoms. The smallest absolute Gasteiger partial charge is 0.307 e. The molecular weight excluding hydrogens is 236 g/mol. The van der Waals surface area contributed by atoms with E-state index in [4.69, 9.17) is 5.11 Å². The fourth-order valence-corrected chi connectivity index (χ4v) is 2.21. The SMILES string of the molecule is CN(C)C(=O)CCNC(=O)[C@H]1[C@@H](C(=O)O)C1(C)C. The van der Waals surface area contributed by atoms with E-state index in [0.29, 0.717) is 0 Å². The molecule has 0 heterocycles. The maximum atomic E-state index is 11.8. The summed E-state index contributed by atoms with van der Waals surface area (Å²) in [7, 11) is 3.29. The highest BCUT2D eigenvalue weighted by molar-refractivity contribution is 5.91. The van der Waals surface area contributed by atoms with Crippen LogP contribution in [-0.2, 0) is 14.4 Å². The van der Waals surface area contributed by atoms with Crippen molar-refractivity contribution in [3.05, 3.63) is 0 Å². The molecule has 1 rings (SSSR count). The average Bonchev–Trinajstić information content (AvgIpc) is 2.81. The number of carboxylic acid groups (broad SMARTS) is 1. The van der Waals surface area contributed by atoms with E-state index in [9.17, 15) is 14.4 Å². The summed E-state index contributed by atoms with van der Waals surface area (Å²) in [6.07, 6.45) is 0.226. The first kappa shape index (κ1) is 14.5. The van der Waals surface area contributed by atoms with Gasteiger partial charge in [0.15, 0.2) is 0 Å². The number of hydrogen-bond donors (Lipinski definition) is 2. The lowest BCUT2D eigenvalue weighted by Crippen LogP contribution is -2.32. The van der Waals surface area contributed by atoms with E-state index in [1.165, 1.54) is 4.90 Å². The standard InChI is InChI=1S/C12H20N2O4/c1-12(2)8(9(12)11(17)18)10(16)13-6-5-7(15)14(3)4/h8-9H,5-6H2,1-4H3,(H,13,16)(H,17,18)/t8-,9+/m1/s1. The van der Waals surface area contributed by atoms with Crippen molar-refractivity contribution in [3.8, 4) is 0 Å². The molecule has 2 atom stereocenters. The lowest BCUT2D eigenvalue weighted by Gasteiger charge is -2.10. The Morgan fingerprint density at radius 2 is 1.78 bits per heavy atom. The summed E-state index contributed by atoms with van der Waals surface area (Å²) in [4.78, 5) is 35.5. The van der Waals surface area contributed by atoms with Gasteiger partial charge in [0.05, 0.1) is 11.8 Å². The lowest BCUT2D eigenvalue weighted by molar-refractivity contribution is -0.140. The van der Waals surface area contributed by atoms with Crippen molar-refractivity contribution in [1.29, 1.82) is 0 Å². The maximum Gasteiger partial charge on any atom is 0.307 e. The van der Waals surface area contributed by atoms with Crippen molar-refractivity contribution in [3.63, 3.8) is 0 Å². The van der Waals surface area contributed by atoms with Gasteiger partial charge < -0.3 is 15.3 Å². The van der Waals surface area contributed by atoms with Crippen LogP contribution in [0.3, 0.4) is 0 Å². The van der Waals surface area contributed by atoms with Crippen LogP contribution < -0.4 is 5.32 Å².